The fraction of sp³-hybridized carbons (Fsp3) is 0.548. The Labute approximate surface area is 227 Å². The third-order valence-electron chi connectivity index (χ3n) is 7.46. The topological polar surface area (TPSA) is 68.3 Å². The van der Waals surface area contributed by atoms with Crippen LogP contribution >= 0.6 is 0 Å². The summed E-state index contributed by atoms with van der Waals surface area (Å²) in [6, 6.07) is 19.3. The fourth-order valence-corrected chi connectivity index (χ4v) is 5.72. The van der Waals surface area contributed by atoms with E-state index in [1.807, 2.05) is 65.6 Å². The first-order chi connectivity index (χ1) is 17.9. The minimum Gasteiger partial charge on any atom is -0.467 e. The molecule has 2 fully saturated rings. The Kier molecular flexibility index (Phi) is 8.15. The van der Waals surface area contributed by atoms with Crippen LogP contribution in [-0.2, 0) is 36.9 Å². The first-order valence-electron chi connectivity index (χ1n) is 13.4. The van der Waals surface area contributed by atoms with Gasteiger partial charge in [0.05, 0.1) is 26.4 Å². The third kappa shape index (κ3) is 5.43. The van der Waals surface area contributed by atoms with Gasteiger partial charge < -0.3 is 14.2 Å². The van der Waals surface area contributed by atoms with Crippen molar-refractivity contribution >= 4 is 11.8 Å². The number of benzene rings is 2. The zero-order valence-corrected chi connectivity index (χ0v) is 23.8. The number of nitrogens with zero attached hydrogens (tertiary/aromatic N) is 2. The molecule has 0 spiro atoms. The van der Waals surface area contributed by atoms with Crippen LogP contribution in [0.5, 0.6) is 0 Å². The molecule has 0 N–H and O–H groups in total. The maximum absolute atomic E-state index is 14.8. The molecule has 0 saturated carbocycles. The van der Waals surface area contributed by atoms with Gasteiger partial charge in [0.2, 0.25) is 5.54 Å². The summed E-state index contributed by atoms with van der Waals surface area (Å²) in [5, 5.41) is 0. The largest absolute Gasteiger partial charge is 0.467 e. The van der Waals surface area contributed by atoms with Crippen molar-refractivity contribution in [3.05, 3.63) is 71.8 Å². The van der Waals surface area contributed by atoms with Crippen molar-refractivity contribution < 1.29 is 23.8 Å². The Morgan fingerprint density at radius 2 is 1.37 bits per heavy atom. The molecule has 0 amide bonds. The van der Waals surface area contributed by atoms with Gasteiger partial charge in [-0.05, 0) is 11.1 Å². The van der Waals surface area contributed by atoms with Crippen molar-refractivity contribution in [3.8, 4) is 0 Å². The standard InChI is InChI=1S/C31H42N2O5/c1-29(2,3)26-32(18-22-14-10-8-11-15-22)24(20-37-26)25(34)31(28(35)36-7)21-38-27(30(4,5)6)33(31)19-23-16-12-9-13-17-23/h8-17,24,26-27H,18-21H2,1-7H3/t24-,26+,27+,31+/m0/s1. The molecule has 0 radical (unpaired) electrons. The molecule has 2 aliphatic heterocycles. The van der Waals surface area contributed by atoms with E-state index in [9.17, 15) is 9.59 Å². The zero-order chi connectivity index (χ0) is 27.7. The second-order valence-electron chi connectivity index (χ2n) is 12.6. The first kappa shape index (κ1) is 28.4. The second kappa shape index (κ2) is 10.9. The second-order valence-corrected chi connectivity index (χ2v) is 12.6. The molecule has 2 aromatic carbocycles. The van der Waals surface area contributed by atoms with Crippen LogP contribution in [0.15, 0.2) is 60.7 Å². The van der Waals surface area contributed by atoms with E-state index in [0.29, 0.717) is 13.1 Å². The van der Waals surface area contributed by atoms with E-state index in [1.54, 1.807) is 0 Å². The number of esters is 1. The van der Waals surface area contributed by atoms with Crippen LogP contribution in [0.2, 0.25) is 0 Å². The molecule has 2 aromatic rings. The summed E-state index contributed by atoms with van der Waals surface area (Å²) in [6.45, 7) is 13.5. The number of Topliss-reactive ketones (excluding diaryl/α,β-unsaturated/α-hetero) is 1. The predicted molar refractivity (Wildman–Crippen MR) is 146 cm³/mol. The van der Waals surface area contributed by atoms with Crippen LogP contribution in [0.4, 0.5) is 0 Å². The molecule has 7 nitrogen and oxygen atoms in total. The van der Waals surface area contributed by atoms with E-state index >= 15 is 0 Å². The molecular weight excluding hydrogens is 480 g/mol. The number of rotatable bonds is 7. The predicted octanol–water partition coefficient (Wildman–Crippen LogP) is 4.65. The molecule has 0 aromatic heterocycles. The van der Waals surface area contributed by atoms with Crippen molar-refractivity contribution in [2.24, 2.45) is 10.8 Å². The van der Waals surface area contributed by atoms with Crippen LogP contribution in [0.3, 0.4) is 0 Å². The molecule has 2 saturated heterocycles. The highest BCUT2D eigenvalue weighted by Gasteiger charge is 2.64. The molecule has 0 aliphatic carbocycles. The number of carbonyl (C=O) groups is 2. The summed E-state index contributed by atoms with van der Waals surface area (Å²) in [7, 11) is 1.34. The number of ketones is 1. The van der Waals surface area contributed by atoms with E-state index in [4.69, 9.17) is 14.2 Å². The van der Waals surface area contributed by atoms with E-state index in [0.717, 1.165) is 11.1 Å². The monoisotopic (exact) mass is 522 g/mol. The van der Waals surface area contributed by atoms with Crippen molar-refractivity contribution in [1.82, 2.24) is 9.80 Å². The minimum absolute atomic E-state index is 0.0663. The molecule has 4 atom stereocenters. The van der Waals surface area contributed by atoms with Gasteiger partial charge in [0.25, 0.3) is 0 Å². The zero-order valence-electron chi connectivity index (χ0n) is 23.8. The Balaban J connectivity index is 1.78. The van der Waals surface area contributed by atoms with Gasteiger partial charge in [0.1, 0.15) is 12.5 Å². The molecule has 38 heavy (non-hydrogen) atoms. The molecule has 2 aliphatic rings. The maximum Gasteiger partial charge on any atom is 0.336 e. The Morgan fingerprint density at radius 3 is 1.87 bits per heavy atom. The van der Waals surface area contributed by atoms with Crippen molar-refractivity contribution in [3.63, 3.8) is 0 Å². The van der Waals surface area contributed by atoms with Gasteiger partial charge in [0, 0.05) is 23.9 Å². The van der Waals surface area contributed by atoms with Crippen LogP contribution in [0.1, 0.15) is 52.7 Å². The van der Waals surface area contributed by atoms with Crippen molar-refractivity contribution in [2.45, 2.75) is 78.7 Å². The number of hydrogen-bond donors (Lipinski definition) is 0. The Morgan fingerprint density at radius 1 is 0.842 bits per heavy atom. The number of carbonyl (C=O) groups excluding carboxylic acids is 2. The smallest absolute Gasteiger partial charge is 0.336 e. The van der Waals surface area contributed by atoms with Crippen LogP contribution in [-0.4, -0.2) is 65.9 Å². The normalized spacial score (nSPS) is 27.0. The molecular formula is C31H42N2O5. The van der Waals surface area contributed by atoms with Crippen LogP contribution in [0, 0.1) is 10.8 Å². The lowest BCUT2D eigenvalue weighted by atomic mass is 9.84. The minimum atomic E-state index is -1.60. The molecule has 0 bridgehead atoms. The lowest BCUT2D eigenvalue weighted by molar-refractivity contribution is -0.162. The average molecular weight is 523 g/mol. The van der Waals surface area contributed by atoms with Crippen molar-refractivity contribution in [2.75, 3.05) is 20.3 Å². The van der Waals surface area contributed by atoms with E-state index in [-0.39, 0.29) is 36.1 Å². The lowest BCUT2D eigenvalue weighted by Gasteiger charge is -2.42. The average Bonchev–Trinajstić information content (AvgIpc) is 3.47. The maximum atomic E-state index is 14.8. The Hall–Kier alpha value is -2.58. The molecule has 4 rings (SSSR count). The van der Waals surface area contributed by atoms with Crippen LogP contribution < -0.4 is 0 Å². The summed E-state index contributed by atoms with van der Waals surface area (Å²) >= 11 is 0. The molecule has 206 valence electrons. The summed E-state index contributed by atoms with van der Waals surface area (Å²) in [6.07, 6.45) is -0.760. The van der Waals surface area contributed by atoms with E-state index < -0.39 is 23.8 Å². The Bertz CT molecular complexity index is 1110. The molecule has 0 unspecified atom stereocenters. The highest BCUT2D eigenvalue weighted by Crippen LogP contribution is 2.42. The van der Waals surface area contributed by atoms with Gasteiger partial charge in [-0.15, -0.1) is 0 Å². The van der Waals surface area contributed by atoms with Crippen molar-refractivity contribution in [1.29, 1.82) is 0 Å². The fourth-order valence-electron chi connectivity index (χ4n) is 5.72. The highest BCUT2D eigenvalue weighted by molar-refractivity contribution is 6.11. The van der Waals surface area contributed by atoms with Gasteiger partial charge in [0.15, 0.2) is 5.78 Å². The third-order valence-corrected chi connectivity index (χ3v) is 7.46. The SMILES string of the molecule is COC(=O)[C@]1(C(=O)[C@@H]2CO[C@H](C(C)(C)C)N2Cc2ccccc2)CO[C@H](C(C)(C)C)N1Cc1ccccc1. The van der Waals surface area contributed by atoms with E-state index in [2.05, 4.69) is 46.4 Å². The quantitative estimate of drug-likeness (QED) is 0.387. The van der Waals surface area contributed by atoms with Crippen LogP contribution in [0.25, 0.3) is 0 Å². The number of hydrogen-bond acceptors (Lipinski definition) is 7. The first-order valence-corrected chi connectivity index (χ1v) is 13.4. The summed E-state index contributed by atoms with van der Waals surface area (Å²) in [5.41, 5.74) is -0.128. The number of methoxy groups -OCH3 is 1. The summed E-state index contributed by atoms with van der Waals surface area (Å²) < 4.78 is 18.0. The van der Waals surface area contributed by atoms with Gasteiger partial charge >= 0.3 is 5.97 Å². The van der Waals surface area contributed by atoms with E-state index in [1.165, 1.54) is 7.11 Å². The molecule has 7 heteroatoms. The van der Waals surface area contributed by atoms with Gasteiger partial charge in [-0.2, -0.15) is 0 Å². The summed E-state index contributed by atoms with van der Waals surface area (Å²) in [5.74, 6) is -0.834. The summed E-state index contributed by atoms with van der Waals surface area (Å²) in [4.78, 5) is 32.5. The van der Waals surface area contributed by atoms with Gasteiger partial charge in [-0.1, -0.05) is 102 Å². The molecule has 2 heterocycles. The van der Waals surface area contributed by atoms with Gasteiger partial charge in [-0.25, -0.2) is 9.69 Å². The lowest BCUT2D eigenvalue weighted by Crippen LogP contribution is -2.66. The number of ether oxygens (including phenoxy) is 3. The van der Waals surface area contributed by atoms with Gasteiger partial charge in [-0.3, -0.25) is 9.69 Å². The highest BCUT2D eigenvalue weighted by atomic mass is 16.6.